The largest absolute Gasteiger partial charge is 0.491 e. The predicted molar refractivity (Wildman–Crippen MR) is 87.8 cm³/mol. The molecule has 0 radical (unpaired) electrons. The summed E-state index contributed by atoms with van der Waals surface area (Å²) >= 11 is 0. The molecule has 4 heteroatoms. The Hall–Kier alpha value is -1.10. The van der Waals surface area contributed by atoms with Gasteiger partial charge in [0.2, 0.25) is 0 Å². The van der Waals surface area contributed by atoms with E-state index in [1.54, 1.807) is 0 Å². The summed E-state index contributed by atoms with van der Waals surface area (Å²) in [6.45, 7) is 8.67. The summed E-state index contributed by atoms with van der Waals surface area (Å²) in [5, 5.41) is 0. The van der Waals surface area contributed by atoms with Crippen LogP contribution in [0.25, 0.3) is 0 Å². The molecule has 1 heterocycles. The van der Waals surface area contributed by atoms with Crippen LogP contribution in [0.1, 0.15) is 18.9 Å². The highest BCUT2D eigenvalue weighted by Crippen LogP contribution is 2.16. The molecular formula is C17H29N3O. The molecule has 2 N–H and O–H groups in total. The molecule has 1 aliphatic rings. The third-order valence-corrected chi connectivity index (χ3v) is 4.12. The molecule has 1 aliphatic heterocycles. The third kappa shape index (κ3) is 5.65. The van der Waals surface area contributed by atoms with Crippen molar-refractivity contribution < 1.29 is 4.74 Å². The van der Waals surface area contributed by atoms with Gasteiger partial charge in [-0.05, 0) is 51.1 Å². The molecule has 1 aromatic carbocycles. The van der Waals surface area contributed by atoms with E-state index in [4.69, 9.17) is 10.5 Å². The lowest BCUT2D eigenvalue weighted by molar-refractivity contribution is 0.129. The Morgan fingerprint density at radius 2 is 2.00 bits per heavy atom. The number of nitrogens with two attached hydrogens (primary N) is 1. The van der Waals surface area contributed by atoms with Crippen molar-refractivity contribution in [2.24, 2.45) is 5.73 Å². The first-order chi connectivity index (χ1) is 10.2. The van der Waals surface area contributed by atoms with Crippen LogP contribution in [0.3, 0.4) is 0 Å². The van der Waals surface area contributed by atoms with Gasteiger partial charge in [0.15, 0.2) is 0 Å². The first kappa shape index (κ1) is 16.3. The minimum atomic E-state index is 0.248. The summed E-state index contributed by atoms with van der Waals surface area (Å²) in [5.41, 5.74) is 6.85. The van der Waals surface area contributed by atoms with Gasteiger partial charge in [-0.1, -0.05) is 12.1 Å². The van der Waals surface area contributed by atoms with Crippen LogP contribution in [0.4, 0.5) is 0 Å². The van der Waals surface area contributed by atoms with E-state index in [1.165, 1.54) is 31.7 Å². The minimum absolute atomic E-state index is 0.248. The van der Waals surface area contributed by atoms with Crippen molar-refractivity contribution in [1.29, 1.82) is 0 Å². The van der Waals surface area contributed by atoms with E-state index >= 15 is 0 Å². The monoisotopic (exact) mass is 291 g/mol. The van der Waals surface area contributed by atoms with Crippen molar-refractivity contribution in [2.75, 3.05) is 46.3 Å². The van der Waals surface area contributed by atoms with E-state index in [9.17, 15) is 0 Å². The maximum atomic E-state index is 6.04. The van der Waals surface area contributed by atoms with Gasteiger partial charge in [0.1, 0.15) is 5.75 Å². The second-order valence-electron chi connectivity index (χ2n) is 6.05. The SMILES string of the molecule is CC(CCN1CCN(C)CC1)Oc1cccc(CCN)c1. The van der Waals surface area contributed by atoms with Gasteiger partial charge in [-0.25, -0.2) is 0 Å². The number of piperazine rings is 1. The van der Waals surface area contributed by atoms with Crippen LogP contribution in [0.15, 0.2) is 24.3 Å². The molecule has 0 aromatic heterocycles. The van der Waals surface area contributed by atoms with E-state index in [0.717, 1.165) is 25.1 Å². The number of likely N-dealkylation sites (N-methyl/N-ethyl adjacent to an activating group) is 1. The molecule has 1 atom stereocenters. The van der Waals surface area contributed by atoms with Gasteiger partial charge >= 0.3 is 0 Å². The number of hydrogen-bond donors (Lipinski definition) is 1. The molecule has 0 aliphatic carbocycles. The lowest BCUT2D eigenvalue weighted by Crippen LogP contribution is -2.45. The first-order valence-electron chi connectivity index (χ1n) is 8.04. The fourth-order valence-electron chi connectivity index (χ4n) is 2.67. The van der Waals surface area contributed by atoms with Crippen molar-refractivity contribution in [1.82, 2.24) is 9.80 Å². The number of rotatable bonds is 7. The van der Waals surface area contributed by atoms with E-state index in [2.05, 4.69) is 35.9 Å². The van der Waals surface area contributed by atoms with Crippen molar-refractivity contribution in [3.63, 3.8) is 0 Å². The van der Waals surface area contributed by atoms with E-state index in [1.807, 2.05) is 12.1 Å². The summed E-state index contributed by atoms with van der Waals surface area (Å²) in [4.78, 5) is 4.92. The maximum Gasteiger partial charge on any atom is 0.119 e. The normalized spacial score (nSPS) is 18.6. The molecule has 1 saturated heterocycles. The van der Waals surface area contributed by atoms with Crippen LogP contribution in [-0.4, -0.2) is 62.2 Å². The summed E-state index contributed by atoms with van der Waals surface area (Å²) in [6, 6.07) is 8.30. The Balaban J connectivity index is 1.73. The van der Waals surface area contributed by atoms with Crippen molar-refractivity contribution >= 4 is 0 Å². The summed E-state index contributed by atoms with van der Waals surface area (Å²) in [7, 11) is 2.19. The first-order valence-corrected chi connectivity index (χ1v) is 8.04. The number of nitrogens with zero attached hydrogens (tertiary/aromatic N) is 2. The van der Waals surface area contributed by atoms with E-state index in [-0.39, 0.29) is 6.10 Å². The Morgan fingerprint density at radius 3 is 2.71 bits per heavy atom. The Morgan fingerprint density at radius 1 is 1.24 bits per heavy atom. The molecule has 0 bridgehead atoms. The Bertz CT molecular complexity index is 416. The van der Waals surface area contributed by atoms with Crippen molar-refractivity contribution in [3.8, 4) is 5.75 Å². The zero-order valence-corrected chi connectivity index (χ0v) is 13.4. The molecule has 0 spiro atoms. The highest BCUT2D eigenvalue weighted by atomic mass is 16.5. The van der Waals surface area contributed by atoms with Crippen molar-refractivity contribution in [3.05, 3.63) is 29.8 Å². The van der Waals surface area contributed by atoms with Crippen LogP contribution in [0, 0.1) is 0 Å². The lowest BCUT2D eigenvalue weighted by atomic mass is 10.1. The van der Waals surface area contributed by atoms with Crippen LogP contribution in [0.5, 0.6) is 5.75 Å². The zero-order valence-electron chi connectivity index (χ0n) is 13.4. The van der Waals surface area contributed by atoms with Gasteiger partial charge < -0.3 is 20.3 Å². The average molecular weight is 291 g/mol. The average Bonchev–Trinajstić information content (AvgIpc) is 2.47. The van der Waals surface area contributed by atoms with Crippen LogP contribution < -0.4 is 10.5 Å². The molecule has 1 aromatic rings. The number of hydrogen-bond acceptors (Lipinski definition) is 4. The van der Waals surface area contributed by atoms with Gasteiger partial charge in [0.05, 0.1) is 6.10 Å². The van der Waals surface area contributed by atoms with Gasteiger partial charge in [0.25, 0.3) is 0 Å². The Labute approximate surface area is 128 Å². The smallest absolute Gasteiger partial charge is 0.119 e. The highest BCUT2D eigenvalue weighted by Gasteiger charge is 2.14. The van der Waals surface area contributed by atoms with Gasteiger partial charge in [-0.3, -0.25) is 0 Å². The minimum Gasteiger partial charge on any atom is -0.491 e. The van der Waals surface area contributed by atoms with Gasteiger partial charge in [-0.15, -0.1) is 0 Å². The fourth-order valence-corrected chi connectivity index (χ4v) is 2.67. The fraction of sp³-hybridized carbons (Fsp3) is 0.647. The quantitative estimate of drug-likeness (QED) is 0.828. The predicted octanol–water partition coefficient (Wildman–Crippen LogP) is 1.59. The Kier molecular flexibility index (Phi) is 6.49. The van der Waals surface area contributed by atoms with Crippen molar-refractivity contribution in [2.45, 2.75) is 25.9 Å². The molecule has 4 nitrogen and oxygen atoms in total. The maximum absolute atomic E-state index is 6.04. The molecule has 0 saturated carbocycles. The third-order valence-electron chi connectivity index (χ3n) is 4.12. The standard InChI is InChI=1S/C17H29N3O/c1-15(7-9-20-12-10-19(2)11-13-20)21-17-5-3-4-16(14-17)6-8-18/h3-5,14-15H,6-13,18H2,1-2H3. The summed E-state index contributed by atoms with van der Waals surface area (Å²) < 4.78 is 6.04. The van der Waals surface area contributed by atoms with Gasteiger partial charge in [0, 0.05) is 32.7 Å². The second kappa shape index (κ2) is 8.37. The van der Waals surface area contributed by atoms with E-state index in [0.29, 0.717) is 6.54 Å². The van der Waals surface area contributed by atoms with Crippen LogP contribution in [-0.2, 0) is 6.42 Å². The summed E-state index contributed by atoms with van der Waals surface area (Å²) in [5.74, 6) is 0.965. The number of ether oxygens (including phenoxy) is 1. The molecule has 1 unspecified atom stereocenters. The topological polar surface area (TPSA) is 41.7 Å². The lowest BCUT2D eigenvalue weighted by Gasteiger charge is -2.32. The van der Waals surface area contributed by atoms with Crippen LogP contribution in [0.2, 0.25) is 0 Å². The molecular weight excluding hydrogens is 262 g/mol. The zero-order chi connectivity index (χ0) is 15.1. The van der Waals surface area contributed by atoms with E-state index < -0.39 is 0 Å². The molecule has 2 rings (SSSR count). The molecule has 21 heavy (non-hydrogen) atoms. The highest BCUT2D eigenvalue weighted by molar-refractivity contribution is 5.28. The molecule has 1 fully saturated rings. The summed E-state index contributed by atoms with van der Waals surface area (Å²) in [6.07, 6.45) is 2.23. The second-order valence-corrected chi connectivity index (χ2v) is 6.05. The molecule has 118 valence electrons. The number of benzene rings is 1. The molecule has 0 amide bonds. The van der Waals surface area contributed by atoms with Crippen LogP contribution >= 0.6 is 0 Å². The van der Waals surface area contributed by atoms with Gasteiger partial charge in [-0.2, -0.15) is 0 Å².